The summed E-state index contributed by atoms with van der Waals surface area (Å²) in [6, 6.07) is 7.85. The lowest BCUT2D eigenvalue weighted by Crippen LogP contribution is -2.32. The third kappa shape index (κ3) is 4.53. The monoisotopic (exact) mass is 359 g/mol. The molecule has 1 atom stereocenters. The Hall–Kier alpha value is -1.43. The Labute approximate surface area is 145 Å². The maximum atomic E-state index is 13.0. The Balaban J connectivity index is 0.00000192. The molecule has 3 nitrogen and oxygen atoms in total. The van der Waals surface area contributed by atoms with Crippen LogP contribution in [0.25, 0.3) is 0 Å². The Morgan fingerprint density at radius 1 is 1.26 bits per heavy atom. The molecule has 1 aliphatic heterocycles. The molecule has 7 heteroatoms. The van der Waals surface area contributed by atoms with Crippen LogP contribution >= 0.6 is 24.0 Å². The summed E-state index contributed by atoms with van der Waals surface area (Å²) in [6.07, 6.45) is 2.53. The second-order valence-corrected chi connectivity index (χ2v) is 5.79. The first-order valence-corrected chi connectivity index (χ1v) is 7.53. The molecule has 1 aromatic carbocycles. The minimum atomic E-state index is -0.469. The van der Waals surface area contributed by atoms with Crippen molar-refractivity contribution in [1.82, 2.24) is 10.3 Å². The van der Waals surface area contributed by atoms with Crippen molar-refractivity contribution in [3.63, 3.8) is 0 Å². The highest BCUT2D eigenvalue weighted by atomic mass is 35.5. The van der Waals surface area contributed by atoms with Crippen LogP contribution in [0.15, 0.2) is 36.5 Å². The van der Waals surface area contributed by atoms with Gasteiger partial charge in [0.2, 0.25) is 5.95 Å². The van der Waals surface area contributed by atoms with E-state index in [2.05, 4.69) is 15.2 Å². The Bertz CT molecular complexity index is 652. The number of aromatic nitrogens is 1. The predicted molar refractivity (Wildman–Crippen MR) is 90.3 cm³/mol. The lowest BCUT2D eigenvalue weighted by molar-refractivity contribution is 0.550. The molecule has 1 N–H and O–H groups in total. The summed E-state index contributed by atoms with van der Waals surface area (Å²) >= 11 is 6.02. The molecule has 1 aliphatic rings. The molecule has 23 heavy (non-hydrogen) atoms. The largest absolute Gasteiger partial charge is 0.369 e. The number of nitrogens with one attached hydrogen (secondary N) is 1. The minimum absolute atomic E-state index is 0. The van der Waals surface area contributed by atoms with Crippen molar-refractivity contribution in [2.24, 2.45) is 0 Å². The molecule has 0 aliphatic carbocycles. The molecule has 2 aromatic rings. The molecule has 124 valence electrons. The zero-order valence-corrected chi connectivity index (χ0v) is 13.9. The van der Waals surface area contributed by atoms with Gasteiger partial charge in [0.25, 0.3) is 0 Å². The van der Waals surface area contributed by atoms with E-state index in [1.54, 1.807) is 18.3 Å². The van der Waals surface area contributed by atoms with Gasteiger partial charge >= 0.3 is 0 Å². The molecular weight excluding hydrogens is 343 g/mol. The lowest BCUT2D eigenvalue weighted by atomic mass is 10.2. The van der Waals surface area contributed by atoms with Crippen molar-refractivity contribution < 1.29 is 8.78 Å². The van der Waals surface area contributed by atoms with Crippen LogP contribution in [0, 0.1) is 11.8 Å². The molecule has 1 fully saturated rings. The van der Waals surface area contributed by atoms with Gasteiger partial charge in [0, 0.05) is 30.7 Å². The van der Waals surface area contributed by atoms with Crippen LogP contribution in [0.2, 0.25) is 5.02 Å². The van der Waals surface area contributed by atoms with Crippen LogP contribution in [0.5, 0.6) is 0 Å². The fourth-order valence-corrected chi connectivity index (χ4v) is 2.87. The second kappa shape index (κ2) is 7.90. The molecular formula is C16H17Cl2F2N3. The summed E-state index contributed by atoms with van der Waals surface area (Å²) in [5.74, 6) is -0.798. The van der Waals surface area contributed by atoms with Crippen LogP contribution in [0.3, 0.4) is 0 Å². The van der Waals surface area contributed by atoms with E-state index >= 15 is 0 Å². The van der Waals surface area contributed by atoms with Crippen molar-refractivity contribution >= 4 is 29.7 Å². The maximum absolute atomic E-state index is 13.0. The average Bonchev–Trinajstić information content (AvgIpc) is 2.96. The predicted octanol–water partition coefficient (Wildman–Crippen LogP) is 3.80. The van der Waals surface area contributed by atoms with E-state index in [0.29, 0.717) is 17.6 Å². The number of halogens is 4. The van der Waals surface area contributed by atoms with Crippen molar-refractivity contribution in [2.45, 2.75) is 19.0 Å². The smallest absolute Gasteiger partial charge is 0.212 e. The number of hydrogen-bond donors (Lipinski definition) is 1. The number of anilines is 1. The maximum Gasteiger partial charge on any atom is 0.212 e. The van der Waals surface area contributed by atoms with Gasteiger partial charge < -0.3 is 10.2 Å². The van der Waals surface area contributed by atoms with Crippen LogP contribution in [0.1, 0.15) is 12.0 Å². The van der Waals surface area contributed by atoms with Crippen LogP contribution in [-0.4, -0.2) is 24.1 Å². The SMILES string of the molecule is Cl.Fc1ccc(CN[C@H]2CCN(c3ccc(F)nc3)C2)c(Cl)c1. The molecule has 1 saturated heterocycles. The van der Waals surface area contributed by atoms with E-state index in [4.69, 9.17) is 11.6 Å². The van der Waals surface area contributed by atoms with Crippen molar-refractivity contribution in [2.75, 3.05) is 18.0 Å². The Kier molecular flexibility index (Phi) is 6.16. The van der Waals surface area contributed by atoms with Crippen molar-refractivity contribution in [1.29, 1.82) is 0 Å². The van der Waals surface area contributed by atoms with Gasteiger partial charge in [-0.05, 0) is 36.2 Å². The number of nitrogens with zero attached hydrogens (tertiary/aromatic N) is 2. The second-order valence-electron chi connectivity index (χ2n) is 5.39. The van der Waals surface area contributed by atoms with E-state index < -0.39 is 5.95 Å². The van der Waals surface area contributed by atoms with Gasteiger partial charge in [0.05, 0.1) is 11.9 Å². The molecule has 0 saturated carbocycles. The molecule has 3 rings (SSSR count). The van der Waals surface area contributed by atoms with E-state index in [1.807, 2.05) is 0 Å². The van der Waals surface area contributed by atoms with Crippen LogP contribution < -0.4 is 10.2 Å². The molecule has 0 unspecified atom stereocenters. The summed E-state index contributed by atoms with van der Waals surface area (Å²) in [6.45, 7) is 2.31. The highest BCUT2D eigenvalue weighted by Crippen LogP contribution is 2.21. The first-order valence-electron chi connectivity index (χ1n) is 7.15. The molecule has 0 spiro atoms. The van der Waals surface area contributed by atoms with E-state index in [1.165, 1.54) is 18.2 Å². The summed E-state index contributed by atoms with van der Waals surface area (Å²) < 4.78 is 25.9. The average molecular weight is 360 g/mol. The molecule has 1 aromatic heterocycles. The zero-order chi connectivity index (χ0) is 15.5. The van der Waals surface area contributed by atoms with Crippen LogP contribution in [0.4, 0.5) is 14.5 Å². The molecule has 0 bridgehead atoms. The Morgan fingerprint density at radius 2 is 2.09 bits per heavy atom. The highest BCUT2D eigenvalue weighted by Gasteiger charge is 2.22. The summed E-state index contributed by atoms with van der Waals surface area (Å²) in [7, 11) is 0. The van der Waals surface area contributed by atoms with Gasteiger partial charge in [-0.1, -0.05) is 17.7 Å². The highest BCUT2D eigenvalue weighted by molar-refractivity contribution is 6.31. The van der Waals surface area contributed by atoms with Crippen molar-refractivity contribution in [3.05, 3.63) is 58.9 Å². The van der Waals surface area contributed by atoms with Crippen LogP contribution in [-0.2, 0) is 6.54 Å². The van der Waals surface area contributed by atoms with Gasteiger partial charge in [0.1, 0.15) is 5.82 Å². The molecule has 2 heterocycles. The van der Waals surface area contributed by atoms with Gasteiger partial charge in [-0.25, -0.2) is 9.37 Å². The lowest BCUT2D eigenvalue weighted by Gasteiger charge is -2.18. The number of hydrogen-bond acceptors (Lipinski definition) is 3. The Morgan fingerprint density at radius 3 is 2.78 bits per heavy atom. The van der Waals surface area contributed by atoms with Gasteiger partial charge in [-0.3, -0.25) is 0 Å². The fraction of sp³-hybridized carbons (Fsp3) is 0.312. The summed E-state index contributed by atoms with van der Waals surface area (Å²) in [5.41, 5.74) is 1.80. The third-order valence-corrected chi connectivity index (χ3v) is 4.21. The van der Waals surface area contributed by atoms with Gasteiger partial charge in [-0.2, -0.15) is 4.39 Å². The first kappa shape index (κ1) is 17.9. The minimum Gasteiger partial charge on any atom is -0.369 e. The topological polar surface area (TPSA) is 28.2 Å². The summed E-state index contributed by atoms with van der Waals surface area (Å²) in [4.78, 5) is 5.84. The molecule has 0 radical (unpaired) electrons. The first-order chi connectivity index (χ1) is 10.6. The standard InChI is InChI=1S/C16H16ClF2N3.ClH/c17-15-7-12(18)2-1-11(15)8-20-13-5-6-22(10-13)14-3-4-16(19)21-9-14;/h1-4,7,9,13,20H,5-6,8,10H2;1H/t13-;/m0./s1. The van der Waals surface area contributed by atoms with E-state index in [9.17, 15) is 8.78 Å². The third-order valence-electron chi connectivity index (χ3n) is 3.86. The van der Waals surface area contributed by atoms with Gasteiger partial charge in [0.15, 0.2) is 0 Å². The van der Waals surface area contributed by atoms with Gasteiger partial charge in [-0.15, -0.1) is 12.4 Å². The van der Waals surface area contributed by atoms with Crippen molar-refractivity contribution in [3.8, 4) is 0 Å². The normalized spacial score (nSPS) is 17.2. The quantitative estimate of drug-likeness (QED) is 0.841. The number of pyridine rings is 1. The fourth-order valence-electron chi connectivity index (χ4n) is 2.64. The van der Waals surface area contributed by atoms with E-state index in [0.717, 1.165) is 30.8 Å². The molecule has 0 amide bonds. The number of rotatable bonds is 4. The van der Waals surface area contributed by atoms with E-state index in [-0.39, 0.29) is 18.2 Å². The zero-order valence-electron chi connectivity index (χ0n) is 12.3. The summed E-state index contributed by atoms with van der Waals surface area (Å²) in [5, 5.41) is 3.86. The number of benzene rings is 1.